The standard InChI is InChI=1S/C15H19FN2S/c1-9-3-4-11(5-9)8-18-14-6-10(2)12(16)7-13(14)17-15(18)19/h6-7,9,11H,3-5,8H2,1-2H3,(H,17,19). The van der Waals surface area contributed by atoms with Crippen LogP contribution in [0.4, 0.5) is 4.39 Å². The fraction of sp³-hybridized carbons (Fsp3) is 0.533. The zero-order valence-corrected chi connectivity index (χ0v) is 12.2. The Balaban J connectivity index is 2.01. The third-order valence-corrected chi connectivity index (χ3v) is 4.62. The SMILES string of the molecule is Cc1cc2c(cc1F)[nH]c(=S)n2CC1CCC(C)C1. The van der Waals surface area contributed by atoms with Gasteiger partial charge >= 0.3 is 0 Å². The van der Waals surface area contributed by atoms with Crippen LogP contribution in [0.3, 0.4) is 0 Å². The van der Waals surface area contributed by atoms with Gasteiger partial charge in [-0.1, -0.05) is 13.3 Å². The van der Waals surface area contributed by atoms with Crippen LogP contribution in [0.25, 0.3) is 11.0 Å². The van der Waals surface area contributed by atoms with Gasteiger partial charge in [0, 0.05) is 6.54 Å². The summed E-state index contributed by atoms with van der Waals surface area (Å²) in [4.78, 5) is 3.12. The van der Waals surface area contributed by atoms with Gasteiger partial charge in [-0.2, -0.15) is 0 Å². The molecule has 1 heterocycles. The van der Waals surface area contributed by atoms with Crippen LogP contribution in [0.5, 0.6) is 0 Å². The molecule has 2 atom stereocenters. The summed E-state index contributed by atoms with van der Waals surface area (Å²) < 4.78 is 16.4. The van der Waals surface area contributed by atoms with Gasteiger partial charge in [0.1, 0.15) is 5.82 Å². The van der Waals surface area contributed by atoms with Crippen molar-refractivity contribution in [2.24, 2.45) is 11.8 Å². The van der Waals surface area contributed by atoms with Crippen LogP contribution in [0, 0.1) is 29.3 Å². The summed E-state index contributed by atoms with van der Waals surface area (Å²) in [6.07, 6.45) is 3.86. The summed E-state index contributed by atoms with van der Waals surface area (Å²) in [5, 5.41) is 0. The number of aryl methyl sites for hydroxylation is 1. The molecular weight excluding hydrogens is 259 g/mol. The van der Waals surface area contributed by atoms with Crippen molar-refractivity contribution in [3.8, 4) is 0 Å². The number of nitrogens with one attached hydrogen (secondary N) is 1. The molecule has 0 bridgehead atoms. The average molecular weight is 278 g/mol. The molecule has 1 N–H and O–H groups in total. The first-order valence-corrected chi connectivity index (χ1v) is 7.34. The number of hydrogen-bond acceptors (Lipinski definition) is 1. The summed E-state index contributed by atoms with van der Waals surface area (Å²) in [5.41, 5.74) is 2.51. The number of aromatic nitrogens is 2. The molecule has 0 spiro atoms. The number of hydrogen-bond donors (Lipinski definition) is 1. The molecule has 19 heavy (non-hydrogen) atoms. The van der Waals surface area contributed by atoms with Crippen molar-refractivity contribution in [1.29, 1.82) is 0 Å². The zero-order valence-electron chi connectivity index (χ0n) is 11.4. The Hall–Kier alpha value is -1.16. The van der Waals surface area contributed by atoms with Crippen molar-refractivity contribution >= 4 is 23.3 Å². The summed E-state index contributed by atoms with van der Waals surface area (Å²) in [7, 11) is 0. The average Bonchev–Trinajstić information content (AvgIpc) is 2.87. The van der Waals surface area contributed by atoms with Crippen LogP contribution in [-0.2, 0) is 6.54 Å². The highest BCUT2D eigenvalue weighted by molar-refractivity contribution is 7.71. The molecule has 1 saturated carbocycles. The second-order valence-corrected chi connectivity index (χ2v) is 6.33. The van der Waals surface area contributed by atoms with Gasteiger partial charge in [0.2, 0.25) is 0 Å². The van der Waals surface area contributed by atoms with Crippen LogP contribution in [0.2, 0.25) is 0 Å². The lowest BCUT2D eigenvalue weighted by Crippen LogP contribution is -2.08. The molecular formula is C15H19FN2S. The van der Waals surface area contributed by atoms with Crippen LogP contribution < -0.4 is 0 Å². The van der Waals surface area contributed by atoms with E-state index in [0.29, 0.717) is 16.3 Å². The van der Waals surface area contributed by atoms with Gasteiger partial charge in [-0.3, -0.25) is 0 Å². The van der Waals surface area contributed by atoms with E-state index in [4.69, 9.17) is 12.2 Å². The van der Waals surface area contributed by atoms with E-state index >= 15 is 0 Å². The van der Waals surface area contributed by atoms with Crippen LogP contribution >= 0.6 is 12.2 Å². The highest BCUT2D eigenvalue weighted by Crippen LogP contribution is 2.32. The predicted molar refractivity (Wildman–Crippen MR) is 78.3 cm³/mol. The Kier molecular flexibility index (Phi) is 3.21. The molecule has 1 aliphatic carbocycles. The maximum Gasteiger partial charge on any atom is 0.178 e. The van der Waals surface area contributed by atoms with Gasteiger partial charge in [-0.25, -0.2) is 4.39 Å². The number of nitrogens with zero attached hydrogens (tertiary/aromatic N) is 1. The van der Waals surface area contributed by atoms with E-state index in [1.165, 1.54) is 19.3 Å². The summed E-state index contributed by atoms with van der Waals surface area (Å²) in [6, 6.07) is 3.45. The number of rotatable bonds is 2. The van der Waals surface area contributed by atoms with Crippen molar-refractivity contribution in [2.45, 2.75) is 39.7 Å². The molecule has 2 nitrogen and oxygen atoms in total. The van der Waals surface area contributed by atoms with E-state index in [-0.39, 0.29) is 5.82 Å². The van der Waals surface area contributed by atoms with Gasteiger partial charge in [0.25, 0.3) is 0 Å². The molecule has 1 aromatic heterocycles. The van der Waals surface area contributed by atoms with E-state index in [0.717, 1.165) is 23.5 Å². The first-order chi connectivity index (χ1) is 9.04. The van der Waals surface area contributed by atoms with Gasteiger partial charge in [0.05, 0.1) is 11.0 Å². The molecule has 1 fully saturated rings. The highest BCUT2D eigenvalue weighted by Gasteiger charge is 2.22. The molecule has 4 heteroatoms. The zero-order chi connectivity index (χ0) is 13.6. The minimum Gasteiger partial charge on any atom is -0.330 e. The van der Waals surface area contributed by atoms with Crippen molar-refractivity contribution < 1.29 is 4.39 Å². The lowest BCUT2D eigenvalue weighted by Gasteiger charge is -2.11. The molecule has 0 aliphatic heterocycles. The van der Waals surface area contributed by atoms with Crippen molar-refractivity contribution in [1.82, 2.24) is 9.55 Å². The second-order valence-electron chi connectivity index (χ2n) is 5.94. The first kappa shape index (κ1) is 12.9. The first-order valence-electron chi connectivity index (χ1n) is 6.93. The van der Waals surface area contributed by atoms with Gasteiger partial charge in [-0.05, 0) is 61.5 Å². The minimum atomic E-state index is -0.176. The van der Waals surface area contributed by atoms with Crippen molar-refractivity contribution in [3.63, 3.8) is 0 Å². The smallest absolute Gasteiger partial charge is 0.178 e. The van der Waals surface area contributed by atoms with E-state index in [9.17, 15) is 4.39 Å². The molecule has 102 valence electrons. The monoisotopic (exact) mass is 278 g/mol. The largest absolute Gasteiger partial charge is 0.330 e. The lowest BCUT2D eigenvalue weighted by molar-refractivity contribution is 0.444. The van der Waals surface area contributed by atoms with E-state index in [1.807, 2.05) is 6.07 Å². The third kappa shape index (κ3) is 2.34. The van der Waals surface area contributed by atoms with Crippen LogP contribution in [0.15, 0.2) is 12.1 Å². The van der Waals surface area contributed by atoms with Gasteiger partial charge in [0.15, 0.2) is 4.77 Å². The molecule has 2 unspecified atom stereocenters. The Morgan fingerprint density at radius 3 is 2.89 bits per heavy atom. The van der Waals surface area contributed by atoms with Crippen molar-refractivity contribution in [3.05, 3.63) is 28.3 Å². The van der Waals surface area contributed by atoms with E-state index in [1.54, 1.807) is 13.0 Å². The predicted octanol–water partition coefficient (Wildman–Crippen LogP) is 4.58. The highest BCUT2D eigenvalue weighted by atomic mass is 32.1. The van der Waals surface area contributed by atoms with E-state index in [2.05, 4.69) is 16.5 Å². The number of aromatic amines is 1. The number of benzene rings is 1. The maximum atomic E-state index is 13.6. The molecule has 1 aliphatic rings. The van der Waals surface area contributed by atoms with Crippen LogP contribution in [-0.4, -0.2) is 9.55 Å². The fourth-order valence-corrected chi connectivity index (χ4v) is 3.49. The lowest BCUT2D eigenvalue weighted by atomic mass is 10.1. The molecule has 3 rings (SSSR count). The molecule has 1 aromatic carbocycles. The Morgan fingerprint density at radius 2 is 2.21 bits per heavy atom. The third-order valence-electron chi connectivity index (χ3n) is 4.30. The van der Waals surface area contributed by atoms with Crippen molar-refractivity contribution in [2.75, 3.05) is 0 Å². The van der Waals surface area contributed by atoms with Crippen LogP contribution in [0.1, 0.15) is 31.7 Å². The molecule has 2 aromatic rings. The normalized spacial score (nSPS) is 23.3. The summed E-state index contributed by atoms with van der Waals surface area (Å²) in [6.45, 7) is 5.06. The van der Waals surface area contributed by atoms with Gasteiger partial charge in [-0.15, -0.1) is 0 Å². The molecule has 0 radical (unpaired) electrons. The number of fused-ring (bicyclic) bond motifs is 1. The molecule has 0 saturated heterocycles. The number of halogens is 1. The number of imidazole rings is 1. The summed E-state index contributed by atoms with van der Waals surface area (Å²) >= 11 is 5.39. The Labute approximate surface area is 117 Å². The summed E-state index contributed by atoms with van der Waals surface area (Å²) in [5.74, 6) is 1.35. The fourth-order valence-electron chi connectivity index (χ4n) is 3.21. The van der Waals surface area contributed by atoms with E-state index < -0.39 is 0 Å². The molecule has 0 amide bonds. The second kappa shape index (κ2) is 4.75. The number of H-pyrrole nitrogens is 1. The topological polar surface area (TPSA) is 20.7 Å². The Bertz CT molecular complexity index is 671. The minimum absolute atomic E-state index is 0.176. The maximum absolute atomic E-state index is 13.6. The quantitative estimate of drug-likeness (QED) is 0.797. The van der Waals surface area contributed by atoms with Gasteiger partial charge < -0.3 is 9.55 Å². The Morgan fingerprint density at radius 1 is 1.42 bits per heavy atom.